The smallest absolute Gasteiger partial charge is 0.317 e. The van der Waals surface area contributed by atoms with Gasteiger partial charge in [0, 0.05) is 32.5 Å². The number of aromatic nitrogens is 1. The van der Waals surface area contributed by atoms with Crippen LogP contribution in [-0.2, 0) is 18.3 Å². The fraction of sp³-hybridized carbons (Fsp3) is 0.438. The molecule has 0 spiro atoms. The molecule has 1 saturated heterocycles. The second kappa shape index (κ2) is 6.27. The quantitative estimate of drug-likeness (QED) is 0.945. The van der Waals surface area contributed by atoms with Gasteiger partial charge in [0.25, 0.3) is 0 Å². The Morgan fingerprint density at radius 2 is 2.27 bits per heavy atom. The number of hydrogen-bond acceptors (Lipinski definition) is 3. The molecular weight excluding hydrogens is 282 g/mol. The number of carbonyl (C=O) groups is 1. The first-order chi connectivity index (χ1) is 10.6. The number of aryl methyl sites for hydroxylation is 2. The van der Waals surface area contributed by atoms with Gasteiger partial charge in [-0.15, -0.1) is 0 Å². The van der Waals surface area contributed by atoms with E-state index in [1.54, 1.807) is 4.90 Å². The van der Waals surface area contributed by atoms with E-state index in [9.17, 15) is 4.79 Å². The Hall–Kier alpha value is -2.21. The maximum atomic E-state index is 12.3. The topological polar surface area (TPSA) is 59.6 Å². The Morgan fingerprint density at radius 3 is 2.95 bits per heavy atom. The molecule has 2 amide bonds. The standard InChI is InChI=1S/C16H21N3O3/c1-12-3-4-14(22-12)15-11-19(7-8-21-15)16(20)17-9-13-5-6-18(2)10-13/h3-6,10,15H,7-9,11H2,1-2H3,(H,17,20). The van der Waals surface area contributed by atoms with Crippen LogP contribution in [0.3, 0.4) is 0 Å². The monoisotopic (exact) mass is 303 g/mol. The number of rotatable bonds is 3. The first-order valence-electron chi connectivity index (χ1n) is 7.43. The summed E-state index contributed by atoms with van der Waals surface area (Å²) in [5.41, 5.74) is 1.09. The molecule has 6 nitrogen and oxygen atoms in total. The molecule has 1 fully saturated rings. The average Bonchev–Trinajstić information content (AvgIpc) is 3.13. The van der Waals surface area contributed by atoms with E-state index in [0.717, 1.165) is 17.1 Å². The van der Waals surface area contributed by atoms with Crippen LogP contribution >= 0.6 is 0 Å². The van der Waals surface area contributed by atoms with E-state index in [1.807, 2.05) is 49.1 Å². The van der Waals surface area contributed by atoms with Crippen molar-refractivity contribution in [2.45, 2.75) is 19.6 Å². The molecule has 0 saturated carbocycles. The maximum Gasteiger partial charge on any atom is 0.317 e. The highest BCUT2D eigenvalue weighted by Crippen LogP contribution is 2.24. The number of ether oxygens (including phenoxy) is 1. The first kappa shape index (κ1) is 14.7. The average molecular weight is 303 g/mol. The van der Waals surface area contributed by atoms with Crippen molar-refractivity contribution in [3.63, 3.8) is 0 Å². The lowest BCUT2D eigenvalue weighted by molar-refractivity contribution is -0.0263. The predicted molar refractivity (Wildman–Crippen MR) is 81.4 cm³/mol. The minimum absolute atomic E-state index is 0.0690. The summed E-state index contributed by atoms with van der Waals surface area (Å²) in [6, 6.07) is 5.74. The van der Waals surface area contributed by atoms with Crippen LogP contribution in [0.5, 0.6) is 0 Å². The maximum absolute atomic E-state index is 12.3. The van der Waals surface area contributed by atoms with Crippen molar-refractivity contribution in [1.82, 2.24) is 14.8 Å². The van der Waals surface area contributed by atoms with Gasteiger partial charge in [0.05, 0.1) is 13.2 Å². The number of urea groups is 1. The fourth-order valence-electron chi connectivity index (χ4n) is 2.59. The molecule has 1 aliphatic rings. The molecule has 2 aromatic heterocycles. The molecule has 0 aliphatic carbocycles. The summed E-state index contributed by atoms with van der Waals surface area (Å²) in [4.78, 5) is 14.1. The van der Waals surface area contributed by atoms with E-state index in [4.69, 9.17) is 9.15 Å². The summed E-state index contributed by atoms with van der Waals surface area (Å²) in [5, 5.41) is 2.95. The van der Waals surface area contributed by atoms with Crippen LogP contribution in [0.2, 0.25) is 0 Å². The summed E-state index contributed by atoms with van der Waals surface area (Å²) < 4.78 is 13.3. The minimum Gasteiger partial charge on any atom is -0.464 e. The van der Waals surface area contributed by atoms with Gasteiger partial charge in [-0.05, 0) is 30.7 Å². The summed E-state index contributed by atoms with van der Waals surface area (Å²) in [6.45, 7) is 4.05. The van der Waals surface area contributed by atoms with E-state index in [-0.39, 0.29) is 12.1 Å². The van der Waals surface area contributed by atoms with Crippen molar-refractivity contribution < 1.29 is 13.9 Å². The lowest BCUT2D eigenvalue weighted by Gasteiger charge is -2.32. The Labute approximate surface area is 129 Å². The molecule has 0 aromatic carbocycles. The summed E-state index contributed by atoms with van der Waals surface area (Å²) >= 11 is 0. The highest BCUT2D eigenvalue weighted by atomic mass is 16.5. The molecular formula is C16H21N3O3. The molecule has 1 atom stereocenters. The van der Waals surface area contributed by atoms with Gasteiger partial charge < -0.3 is 23.9 Å². The van der Waals surface area contributed by atoms with Gasteiger partial charge in [-0.3, -0.25) is 0 Å². The number of furan rings is 1. The summed E-state index contributed by atoms with van der Waals surface area (Å²) in [6.07, 6.45) is 3.77. The lowest BCUT2D eigenvalue weighted by atomic mass is 10.2. The highest BCUT2D eigenvalue weighted by molar-refractivity contribution is 5.74. The van der Waals surface area contributed by atoms with E-state index in [0.29, 0.717) is 26.2 Å². The van der Waals surface area contributed by atoms with Crippen LogP contribution in [0, 0.1) is 6.92 Å². The third kappa shape index (κ3) is 3.33. The molecule has 118 valence electrons. The van der Waals surface area contributed by atoms with E-state index >= 15 is 0 Å². The van der Waals surface area contributed by atoms with E-state index < -0.39 is 0 Å². The number of nitrogens with zero attached hydrogens (tertiary/aromatic N) is 2. The molecule has 3 rings (SSSR count). The second-order valence-corrected chi connectivity index (χ2v) is 5.60. The third-order valence-electron chi connectivity index (χ3n) is 3.77. The molecule has 0 bridgehead atoms. The van der Waals surface area contributed by atoms with Crippen molar-refractivity contribution in [2.24, 2.45) is 7.05 Å². The van der Waals surface area contributed by atoms with E-state index in [1.165, 1.54) is 0 Å². The SMILES string of the molecule is Cc1ccc(C2CN(C(=O)NCc3ccn(C)c3)CCO2)o1. The van der Waals surface area contributed by atoms with Gasteiger partial charge in [0.15, 0.2) is 0 Å². The number of carbonyl (C=O) groups excluding carboxylic acids is 1. The number of amides is 2. The number of morpholine rings is 1. The molecule has 1 aliphatic heterocycles. The van der Waals surface area contributed by atoms with Gasteiger partial charge in [-0.2, -0.15) is 0 Å². The number of hydrogen-bond donors (Lipinski definition) is 1. The zero-order chi connectivity index (χ0) is 15.5. The molecule has 22 heavy (non-hydrogen) atoms. The Balaban J connectivity index is 1.55. The predicted octanol–water partition coefficient (Wildman–Crippen LogP) is 2.21. The molecule has 2 aromatic rings. The molecule has 6 heteroatoms. The van der Waals surface area contributed by atoms with Crippen molar-refractivity contribution >= 4 is 6.03 Å². The third-order valence-corrected chi connectivity index (χ3v) is 3.77. The summed E-state index contributed by atoms with van der Waals surface area (Å²) in [5.74, 6) is 1.63. The highest BCUT2D eigenvalue weighted by Gasteiger charge is 2.27. The zero-order valence-electron chi connectivity index (χ0n) is 12.9. The first-order valence-corrected chi connectivity index (χ1v) is 7.43. The Kier molecular flexibility index (Phi) is 4.20. The Morgan fingerprint density at radius 1 is 1.41 bits per heavy atom. The van der Waals surface area contributed by atoms with Gasteiger partial charge in [-0.1, -0.05) is 0 Å². The van der Waals surface area contributed by atoms with Crippen LogP contribution < -0.4 is 5.32 Å². The van der Waals surface area contributed by atoms with Gasteiger partial charge in [-0.25, -0.2) is 4.79 Å². The second-order valence-electron chi connectivity index (χ2n) is 5.60. The largest absolute Gasteiger partial charge is 0.464 e. The van der Waals surface area contributed by atoms with Gasteiger partial charge in [0.2, 0.25) is 0 Å². The Bertz CT molecular complexity index is 647. The van der Waals surface area contributed by atoms with Crippen LogP contribution in [0.4, 0.5) is 4.79 Å². The van der Waals surface area contributed by atoms with Crippen molar-refractivity contribution in [3.05, 3.63) is 47.7 Å². The van der Waals surface area contributed by atoms with Gasteiger partial charge >= 0.3 is 6.03 Å². The van der Waals surface area contributed by atoms with Crippen molar-refractivity contribution in [1.29, 1.82) is 0 Å². The number of nitrogens with one attached hydrogen (secondary N) is 1. The normalized spacial score (nSPS) is 18.5. The minimum atomic E-state index is -0.190. The lowest BCUT2D eigenvalue weighted by Crippen LogP contribution is -2.46. The van der Waals surface area contributed by atoms with Crippen molar-refractivity contribution in [2.75, 3.05) is 19.7 Å². The molecule has 3 heterocycles. The summed E-state index contributed by atoms with van der Waals surface area (Å²) in [7, 11) is 1.96. The van der Waals surface area contributed by atoms with Crippen molar-refractivity contribution in [3.8, 4) is 0 Å². The molecule has 1 unspecified atom stereocenters. The molecule has 0 radical (unpaired) electrons. The van der Waals surface area contributed by atoms with Crippen LogP contribution in [0.1, 0.15) is 23.2 Å². The van der Waals surface area contributed by atoms with Crippen LogP contribution in [0.15, 0.2) is 35.0 Å². The van der Waals surface area contributed by atoms with Gasteiger partial charge in [0.1, 0.15) is 17.6 Å². The van der Waals surface area contributed by atoms with Crippen LogP contribution in [0.25, 0.3) is 0 Å². The fourth-order valence-corrected chi connectivity index (χ4v) is 2.59. The van der Waals surface area contributed by atoms with E-state index in [2.05, 4.69) is 5.32 Å². The zero-order valence-corrected chi connectivity index (χ0v) is 12.9. The molecule has 1 N–H and O–H groups in total. The van der Waals surface area contributed by atoms with Crippen LogP contribution in [-0.4, -0.2) is 35.2 Å².